The predicted octanol–water partition coefficient (Wildman–Crippen LogP) is 1.75. The average Bonchev–Trinajstić information content (AvgIpc) is 2.47. The van der Waals surface area contributed by atoms with Crippen LogP contribution < -0.4 is 10.6 Å². The average molecular weight is 312 g/mol. The van der Waals surface area contributed by atoms with Crippen molar-refractivity contribution in [3.05, 3.63) is 29.8 Å². The van der Waals surface area contributed by atoms with E-state index in [9.17, 15) is 9.59 Å². The van der Waals surface area contributed by atoms with Gasteiger partial charge < -0.3 is 15.5 Å². The van der Waals surface area contributed by atoms with Crippen LogP contribution in [-0.2, 0) is 4.79 Å². The van der Waals surface area contributed by atoms with Gasteiger partial charge in [0.25, 0.3) is 5.91 Å². The summed E-state index contributed by atoms with van der Waals surface area (Å²) >= 11 is 0. The lowest BCUT2D eigenvalue weighted by Crippen LogP contribution is -2.37. The van der Waals surface area contributed by atoms with Gasteiger partial charge in [-0.1, -0.05) is 6.07 Å². The van der Waals surface area contributed by atoms with E-state index >= 15 is 0 Å². The summed E-state index contributed by atoms with van der Waals surface area (Å²) in [6.45, 7) is 1.71. The molecule has 0 spiro atoms. The van der Waals surface area contributed by atoms with Gasteiger partial charge in [-0.25, -0.2) is 0 Å². The standard InChI is InChI=1S/C15H21N3O2.ClH/c1-18(2)15(20)11-5-3-7-13(9-11)17-14(19)12-6-4-8-16-10-12;/h3,5,7,9,12,16H,4,6,8,10H2,1-2H3,(H,17,19);1H/t12-;/m1./s1. The van der Waals surface area contributed by atoms with Crippen molar-refractivity contribution in [3.8, 4) is 0 Å². The third-order valence-corrected chi connectivity index (χ3v) is 3.45. The number of piperidine rings is 1. The van der Waals surface area contributed by atoms with Crippen LogP contribution in [0.2, 0.25) is 0 Å². The molecule has 1 atom stereocenters. The van der Waals surface area contributed by atoms with Crippen LogP contribution in [0.3, 0.4) is 0 Å². The number of anilines is 1. The van der Waals surface area contributed by atoms with Crippen molar-refractivity contribution in [2.75, 3.05) is 32.5 Å². The van der Waals surface area contributed by atoms with E-state index in [-0.39, 0.29) is 30.1 Å². The Morgan fingerprint density at radius 3 is 2.71 bits per heavy atom. The minimum absolute atomic E-state index is 0. The van der Waals surface area contributed by atoms with Crippen LogP contribution >= 0.6 is 12.4 Å². The summed E-state index contributed by atoms with van der Waals surface area (Å²) < 4.78 is 0. The first-order valence-corrected chi connectivity index (χ1v) is 6.91. The maximum atomic E-state index is 12.1. The Morgan fingerprint density at radius 1 is 1.33 bits per heavy atom. The van der Waals surface area contributed by atoms with E-state index in [0.717, 1.165) is 25.9 Å². The molecular formula is C15H22ClN3O2. The molecule has 2 rings (SSSR count). The molecule has 0 aromatic heterocycles. The molecule has 0 saturated carbocycles. The van der Waals surface area contributed by atoms with Crippen molar-refractivity contribution in [1.29, 1.82) is 0 Å². The van der Waals surface area contributed by atoms with Crippen LogP contribution in [-0.4, -0.2) is 43.9 Å². The van der Waals surface area contributed by atoms with Gasteiger partial charge in [0.15, 0.2) is 0 Å². The number of hydrogen-bond acceptors (Lipinski definition) is 3. The molecule has 1 aromatic rings. The van der Waals surface area contributed by atoms with Gasteiger partial charge in [-0.3, -0.25) is 9.59 Å². The van der Waals surface area contributed by atoms with Crippen molar-refractivity contribution >= 4 is 29.9 Å². The number of hydrogen-bond donors (Lipinski definition) is 2. The second kappa shape index (κ2) is 8.00. The van der Waals surface area contributed by atoms with Gasteiger partial charge in [-0.2, -0.15) is 0 Å². The molecule has 5 nitrogen and oxygen atoms in total. The lowest BCUT2D eigenvalue weighted by Gasteiger charge is -2.22. The number of amides is 2. The van der Waals surface area contributed by atoms with E-state index < -0.39 is 0 Å². The van der Waals surface area contributed by atoms with Gasteiger partial charge in [0.05, 0.1) is 5.92 Å². The highest BCUT2D eigenvalue weighted by molar-refractivity contribution is 5.97. The van der Waals surface area contributed by atoms with E-state index in [0.29, 0.717) is 11.3 Å². The third kappa shape index (κ3) is 4.72. The predicted molar refractivity (Wildman–Crippen MR) is 85.9 cm³/mol. The van der Waals surface area contributed by atoms with Crippen LogP contribution in [0.5, 0.6) is 0 Å². The normalized spacial score (nSPS) is 17.5. The summed E-state index contributed by atoms with van der Waals surface area (Å²) in [7, 11) is 3.42. The van der Waals surface area contributed by atoms with Crippen molar-refractivity contribution in [2.24, 2.45) is 5.92 Å². The minimum atomic E-state index is -0.0690. The number of carbonyl (C=O) groups excluding carboxylic acids is 2. The topological polar surface area (TPSA) is 61.4 Å². The van der Waals surface area contributed by atoms with Gasteiger partial charge in [-0.15, -0.1) is 12.4 Å². The van der Waals surface area contributed by atoms with Crippen molar-refractivity contribution in [1.82, 2.24) is 10.2 Å². The van der Waals surface area contributed by atoms with E-state index in [2.05, 4.69) is 10.6 Å². The molecule has 1 aromatic carbocycles. The molecule has 0 bridgehead atoms. The van der Waals surface area contributed by atoms with Crippen molar-refractivity contribution < 1.29 is 9.59 Å². The fourth-order valence-corrected chi connectivity index (χ4v) is 2.31. The molecule has 6 heteroatoms. The van der Waals surface area contributed by atoms with Crippen molar-refractivity contribution in [3.63, 3.8) is 0 Å². The summed E-state index contributed by atoms with van der Waals surface area (Å²) in [5.41, 5.74) is 1.25. The molecule has 21 heavy (non-hydrogen) atoms. The molecule has 1 fully saturated rings. The summed E-state index contributed by atoms with van der Waals surface area (Å²) in [5, 5.41) is 6.12. The molecule has 0 radical (unpaired) electrons. The fourth-order valence-electron chi connectivity index (χ4n) is 2.31. The van der Waals surface area contributed by atoms with Crippen LogP contribution in [0, 0.1) is 5.92 Å². The maximum Gasteiger partial charge on any atom is 0.253 e. The van der Waals surface area contributed by atoms with E-state index in [4.69, 9.17) is 0 Å². The van der Waals surface area contributed by atoms with E-state index in [1.54, 1.807) is 38.4 Å². The second-order valence-corrected chi connectivity index (χ2v) is 5.31. The molecule has 116 valence electrons. The Hall–Kier alpha value is -1.59. The van der Waals surface area contributed by atoms with Gasteiger partial charge >= 0.3 is 0 Å². The summed E-state index contributed by atoms with van der Waals surface area (Å²) in [6.07, 6.45) is 1.94. The Balaban J connectivity index is 0.00000220. The van der Waals surface area contributed by atoms with Crippen LogP contribution in [0.25, 0.3) is 0 Å². The molecule has 0 unspecified atom stereocenters. The molecule has 0 aliphatic carbocycles. The maximum absolute atomic E-state index is 12.1. The van der Waals surface area contributed by atoms with Gasteiger partial charge in [0, 0.05) is 31.9 Å². The number of nitrogens with one attached hydrogen (secondary N) is 2. The monoisotopic (exact) mass is 311 g/mol. The highest BCUT2D eigenvalue weighted by Gasteiger charge is 2.21. The molecule has 1 heterocycles. The van der Waals surface area contributed by atoms with Crippen LogP contribution in [0.15, 0.2) is 24.3 Å². The molecule has 1 aliphatic heterocycles. The highest BCUT2D eigenvalue weighted by atomic mass is 35.5. The number of nitrogens with zero attached hydrogens (tertiary/aromatic N) is 1. The Bertz CT molecular complexity index is 499. The van der Waals surface area contributed by atoms with Crippen LogP contribution in [0.4, 0.5) is 5.69 Å². The molecule has 1 saturated heterocycles. The van der Waals surface area contributed by atoms with Gasteiger partial charge in [0.2, 0.25) is 5.91 Å². The smallest absolute Gasteiger partial charge is 0.253 e. The van der Waals surface area contributed by atoms with Crippen molar-refractivity contribution in [2.45, 2.75) is 12.8 Å². The number of benzene rings is 1. The summed E-state index contributed by atoms with van der Waals surface area (Å²) in [4.78, 5) is 25.5. The summed E-state index contributed by atoms with van der Waals surface area (Å²) in [5.74, 6) is -0.0379. The Labute approximate surface area is 131 Å². The first kappa shape index (κ1) is 17.5. The molecule has 2 amide bonds. The summed E-state index contributed by atoms with van der Waals surface area (Å²) in [6, 6.07) is 7.06. The Kier molecular flexibility index (Phi) is 6.65. The highest BCUT2D eigenvalue weighted by Crippen LogP contribution is 2.16. The minimum Gasteiger partial charge on any atom is -0.345 e. The molecule has 1 aliphatic rings. The third-order valence-electron chi connectivity index (χ3n) is 3.45. The first-order chi connectivity index (χ1) is 9.58. The lowest BCUT2D eigenvalue weighted by molar-refractivity contribution is -0.120. The Morgan fingerprint density at radius 2 is 2.10 bits per heavy atom. The largest absolute Gasteiger partial charge is 0.345 e. The first-order valence-electron chi connectivity index (χ1n) is 6.91. The van der Waals surface area contributed by atoms with E-state index in [1.165, 1.54) is 4.90 Å². The SMILES string of the molecule is CN(C)C(=O)c1cccc(NC(=O)[C@@H]2CCCNC2)c1.Cl. The van der Waals surface area contributed by atoms with Gasteiger partial charge in [-0.05, 0) is 37.6 Å². The molecular weight excluding hydrogens is 290 g/mol. The number of rotatable bonds is 3. The second-order valence-electron chi connectivity index (χ2n) is 5.31. The lowest BCUT2D eigenvalue weighted by atomic mass is 9.98. The number of carbonyl (C=O) groups is 2. The van der Waals surface area contributed by atoms with Gasteiger partial charge in [0.1, 0.15) is 0 Å². The number of halogens is 1. The quantitative estimate of drug-likeness (QED) is 0.894. The zero-order valence-electron chi connectivity index (χ0n) is 12.4. The fraction of sp³-hybridized carbons (Fsp3) is 0.467. The zero-order chi connectivity index (χ0) is 14.5. The molecule has 2 N–H and O–H groups in total. The van der Waals surface area contributed by atoms with Crippen LogP contribution in [0.1, 0.15) is 23.2 Å². The zero-order valence-corrected chi connectivity index (χ0v) is 13.2. The van der Waals surface area contributed by atoms with E-state index in [1.807, 2.05) is 0 Å².